The fraction of sp³-hybridized carbons (Fsp3) is 0.902. The molecule has 1 aliphatic heterocycles. The summed E-state index contributed by atoms with van der Waals surface area (Å²) in [7, 11) is 0. The smallest absolute Gasteiger partial charge is 0.226 e. The van der Waals surface area contributed by atoms with Crippen LogP contribution in [0.2, 0.25) is 0 Å². The van der Waals surface area contributed by atoms with E-state index in [1.54, 1.807) is 0 Å². The number of likely N-dealkylation sites (tertiary alicyclic amines) is 1. The average Bonchev–Trinajstić information content (AvgIpc) is 3.69. The van der Waals surface area contributed by atoms with Crippen LogP contribution in [0.25, 0.3) is 0 Å². The zero-order valence-electron chi connectivity index (χ0n) is 31.1. The Bertz CT molecular complexity index is 1330. The number of nitrogens with two attached hydrogens (primary N) is 1. The predicted octanol–water partition coefficient (Wildman–Crippen LogP) is 7.24. The van der Waals surface area contributed by atoms with Gasteiger partial charge in [-0.2, -0.15) is 0 Å². The molecular weight excluding hydrogens is 582 g/mol. The van der Waals surface area contributed by atoms with E-state index in [1.807, 2.05) is 0 Å². The van der Waals surface area contributed by atoms with Crippen LogP contribution in [0.3, 0.4) is 0 Å². The van der Waals surface area contributed by atoms with E-state index in [-0.39, 0.29) is 62.0 Å². The Kier molecular flexibility index (Phi) is 7.65. The summed E-state index contributed by atoms with van der Waals surface area (Å²) in [5.74, 6) is 2.24. The molecule has 47 heavy (non-hydrogen) atoms. The van der Waals surface area contributed by atoms with Crippen molar-refractivity contribution in [2.45, 2.75) is 157 Å². The standard InChI is InChI=1S/C41H67N3O3/c1-25(2)26-14-17-40(34(47)43-30-24-28(35(30,3)4)33(46)44-22-10-11-23-44)20-18-37(7)27(32(26)40)12-13-29-38(37,8)19-21-41(42)36(5,6)31(45)15-16-39(29,41)9/h26-32,45H,1,10-24,42H2,2-9H3,(H,43,47)/t26-,27?,28-,29-,30-,31-,32+,37+,38?,39?,40-,41+/m0/s1. The number of nitrogens with one attached hydrogen (secondary N) is 1. The van der Waals surface area contributed by atoms with Crippen molar-refractivity contribution in [2.75, 3.05) is 13.1 Å². The Morgan fingerprint density at radius 2 is 1.49 bits per heavy atom. The Morgan fingerprint density at radius 3 is 2.13 bits per heavy atom. The number of nitrogens with zero attached hydrogens (tertiary/aromatic N) is 1. The summed E-state index contributed by atoms with van der Waals surface area (Å²) in [6.07, 6.45) is 12.9. The fourth-order valence-corrected chi connectivity index (χ4v) is 14.5. The van der Waals surface area contributed by atoms with Gasteiger partial charge in [-0.3, -0.25) is 9.59 Å². The van der Waals surface area contributed by atoms with Gasteiger partial charge in [-0.05, 0) is 136 Å². The van der Waals surface area contributed by atoms with Crippen LogP contribution in [0.5, 0.6) is 0 Å². The summed E-state index contributed by atoms with van der Waals surface area (Å²) in [6.45, 7) is 25.1. The van der Waals surface area contributed by atoms with Gasteiger partial charge in [0.2, 0.25) is 11.8 Å². The number of aliphatic hydroxyl groups is 1. The first-order valence-electron chi connectivity index (χ1n) is 19.5. The minimum Gasteiger partial charge on any atom is -0.392 e. The summed E-state index contributed by atoms with van der Waals surface area (Å²) in [5, 5.41) is 14.8. The first kappa shape index (κ1) is 34.1. The molecule has 264 valence electrons. The van der Waals surface area contributed by atoms with Crippen LogP contribution in [0.4, 0.5) is 0 Å². The van der Waals surface area contributed by atoms with Crippen LogP contribution in [-0.4, -0.2) is 52.6 Å². The predicted molar refractivity (Wildman–Crippen MR) is 188 cm³/mol. The molecule has 0 bridgehead atoms. The minimum absolute atomic E-state index is 0.00373. The largest absolute Gasteiger partial charge is 0.392 e. The summed E-state index contributed by atoms with van der Waals surface area (Å²) >= 11 is 0. The van der Waals surface area contributed by atoms with Gasteiger partial charge in [0, 0.05) is 36.0 Å². The molecule has 0 aromatic rings. The third-order valence-electron chi connectivity index (χ3n) is 18.3. The quantitative estimate of drug-likeness (QED) is 0.280. The molecule has 12 atom stereocenters. The molecule has 6 aliphatic carbocycles. The van der Waals surface area contributed by atoms with Gasteiger partial charge in [0.1, 0.15) is 0 Å². The van der Waals surface area contributed by atoms with Crippen molar-refractivity contribution in [3.63, 3.8) is 0 Å². The van der Waals surface area contributed by atoms with Crippen molar-refractivity contribution in [3.05, 3.63) is 12.2 Å². The second-order valence-electron chi connectivity index (χ2n) is 20.1. The second kappa shape index (κ2) is 10.6. The van der Waals surface area contributed by atoms with Crippen molar-refractivity contribution in [1.29, 1.82) is 0 Å². The number of allylic oxidation sites excluding steroid dienone is 1. The molecular formula is C41H67N3O3. The van der Waals surface area contributed by atoms with Gasteiger partial charge in [-0.15, -0.1) is 0 Å². The summed E-state index contributed by atoms with van der Waals surface area (Å²) < 4.78 is 0. The lowest BCUT2D eigenvalue weighted by molar-refractivity contribution is -0.254. The molecule has 7 rings (SSSR count). The van der Waals surface area contributed by atoms with Gasteiger partial charge in [-0.25, -0.2) is 0 Å². The molecule has 4 N–H and O–H groups in total. The molecule has 6 nitrogen and oxygen atoms in total. The van der Waals surface area contributed by atoms with Crippen LogP contribution in [0.1, 0.15) is 139 Å². The van der Waals surface area contributed by atoms with E-state index in [0.717, 1.165) is 96.6 Å². The number of amides is 2. The Labute approximate surface area is 285 Å². The molecule has 7 aliphatic rings. The number of fused-ring (bicyclic) bond motifs is 7. The highest BCUT2D eigenvalue weighted by molar-refractivity contribution is 5.86. The van der Waals surface area contributed by atoms with E-state index in [1.165, 1.54) is 5.57 Å². The molecule has 0 radical (unpaired) electrons. The zero-order chi connectivity index (χ0) is 34.2. The normalized spacial score (nSPS) is 51.1. The van der Waals surface area contributed by atoms with Crippen molar-refractivity contribution in [3.8, 4) is 0 Å². The van der Waals surface area contributed by atoms with Crippen LogP contribution < -0.4 is 11.1 Å². The van der Waals surface area contributed by atoms with Gasteiger partial charge in [0.25, 0.3) is 0 Å². The Balaban J connectivity index is 1.17. The van der Waals surface area contributed by atoms with Crippen LogP contribution in [0, 0.1) is 62.1 Å². The van der Waals surface area contributed by atoms with E-state index in [4.69, 9.17) is 5.73 Å². The van der Waals surface area contributed by atoms with Gasteiger partial charge in [0.15, 0.2) is 0 Å². The molecule has 0 aromatic heterocycles. The van der Waals surface area contributed by atoms with E-state index in [0.29, 0.717) is 29.6 Å². The second-order valence-corrected chi connectivity index (χ2v) is 20.1. The summed E-state index contributed by atoms with van der Waals surface area (Å²) in [4.78, 5) is 30.3. The maximum atomic E-state index is 14.8. The van der Waals surface area contributed by atoms with E-state index in [2.05, 4.69) is 72.2 Å². The van der Waals surface area contributed by atoms with Gasteiger partial charge >= 0.3 is 0 Å². The van der Waals surface area contributed by atoms with Crippen molar-refractivity contribution in [1.82, 2.24) is 10.2 Å². The summed E-state index contributed by atoms with van der Waals surface area (Å²) in [6, 6.07) is 0.0491. The average molecular weight is 650 g/mol. The molecule has 6 saturated carbocycles. The SMILES string of the molecule is C=C(C)[C@@H]1CC[C@]2(C(=O)N[C@H]3C[C@@H](C(=O)N4CCCC4)C3(C)C)CC[C@]3(C)C(CC[C@@H]4C5(C)CC[C@H](O)C(C)(C)[C@]5(N)CCC43C)[C@@H]12. The third-order valence-corrected chi connectivity index (χ3v) is 18.3. The summed E-state index contributed by atoms with van der Waals surface area (Å²) in [5.41, 5.74) is 7.75. The van der Waals surface area contributed by atoms with Crippen molar-refractivity contribution >= 4 is 11.8 Å². The molecule has 7 fully saturated rings. The number of carbonyl (C=O) groups is 2. The van der Waals surface area contributed by atoms with Gasteiger partial charge in [0.05, 0.1) is 11.5 Å². The van der Waals surface area contributed by atoms with Crippen LogP contribution in [-0.2, 0) is 9.59 Å². The molecule has 1 saturated heterocycles. The molecule has 6 heteroatoms. The number of rotatable bonds is 4. The number of hydrogen-bond acceptors (Lipinski definition) is 4. The maximum absolute atomic E-state index is 14.8. The fourth-order valence-electron chi connectivity index (χ4n) is 14.5. The molecule has 1 heterocycles. The molecule has 2 amide bonds. The topological polar surface area (TPSA) is 95.7 Å². The van der Waals surface area contributed by atoms with E-state index in [9.17, 15) is 14.7 Å². The monoisotopic (exact) mass is 650 g/mol. The van der Waals surface area contributed by atoms with Crippen molar-refractivity contribution in [2.24, 2.45) is 67.8 Å². The first-order chi connectivity index (χ1) is 21.8. The molecule has 3 unspecified atom stereocenters. The van der Waals surface area contributed by atoms with Gasteiger partial charge in [-0.1, -0.05) is 60.6 Å². The number of carbonyl (C=O) groups excluding carboxylic acids is 2. The van der Waals surface area contributed by atoms with Crippen molar-refractivity contribution < 1.29 is 14.7 Å². The third kappa shape index (κ3) is 4.15. The molecule has 0 spiro atoms. The Hall–Kier alpha value is -1.40. The van der Waals surface area contributed by atoms with Crippen LogP contribution >= 0.6 is 0 Å². The minimum atomic E-state index is -0.388. The highest BCUT2D eigenvalue weighted by Gasteiger charge is 2.74. The first-order valence-corrected chi connectivity index (χ1v) is 19.5. The van der Waals surface area contributed by atoms with Gasteiger partial charge < -0.3 is 21.1 Å². The zero-order valence-corrected chi connectivity index (χ0v) is 31.1. The number of aliphatic hydroxyl groups excluding tert-OH is 1. The number of hydrogen-bond donors (Lipinski definition) is 3. The maximum Gasteiger partial charge on any atom is 0.226 e. The molecule has 0 aromatic carbocycles. The van der Waals surface area contributed by atoms with E-state index >= 15 is 0 Å². The lowest BCUT2D eigenvalue weighted by Crippen LogP contribution is -2.77. The highest BCUT2D eigenvalue weighted by Crippen LogP contribution is 2.78. The lowest BCUT2D eigenvalue weighted by atomic mass is 9.30. The van der Waals surface area contributed by atoms with Crippen LogP contribution in [0.15, 0.2) is 12.2 Å². The Morgan fingerprint density at radius 1 is 0.830 bits per heavy atom. The highest BCUT2D eigenvalue weighted by atomic mass is 16.3. The van der Waals surface area contributed by atoms with E-state index < -0.39 is 0 Å². The lowest BCUT2D eigenvalue weighted by Gasteiger charge is -2.75.